The van der Waals surface area contributed by atoms with Gasteiger partial charge in [-0.1, -0.05) is 0 Å². The molecule has 6 nitrogen and oxygen atoms in total. The highest BCUT2D eigenvalue weighted by molar-refractivity contribution is 5.41. The predicted molar refractivity (Wildman–Crippen MR) is 94.1 cm³/mol. The third kappa shape index (κ3) is 4.60. The van der Waals surface area contributed by atoms with Crippen molar-refractivity contribution in [2.45, 2.75) is 12.7 Å². The van der Waals surface area contributed by atoms with E-state index in [9.17, 15) is 13.2 Å². The predicted octanol–water partition coefficient (Wildman–Crippen LogP) is 2.83. The lowest BCUT2D eigenvalue weighted by molar-refractivity contribution is -0.141. The fourth-order valence-electron chi connectivity index (χ4n) is 3.06. The Morgan fingerprint density at radius 3 is 2.37 bits per heavy atom. The number of alkyl halides is 3. The Morgan fingerprint density at radius 2 is 1.74 bits per heavy atom. The molecule has 0 saturated carbocycles. The number of anilines is 1. The van der Waals surface area contributed by atoms with Crippen LogP contribution < -0.4 is 14.4 Å². The summed E-state index contributed by atoms with van der Waals surface area (Å²) in [7, 11) is 3.23. The smallest absolute Gasteiger partial charge is 0.433 e. The molecule has 1 saturated heterocycles. The van der Waals surface area contributed by atoms with Crippen LogP contribution in [0.3, 0.4) is 0 Å². The van der Waals surface area contributed by atoms with Crippen molar-refractivity contribution in [1.29, 1.82) is 0 Å². The van der Waals surface area contributed by atoms with Crippen LogP contribution in [0.5, 0.6) is 11.5 Å². The maximum Gasteiger partial charge on any atom is 0.433 e. The van der Waals surface area contributed by atoms with Crippen LogP contribution in [-0.2, 0) is 12.7 Å². The van der Waals surface area contributed by atoms with E-state index in [1.165, 1.54) is 0 Å². The van der Waals surface area contributed by atoms with Crippen LogP contribution in [0.4, 0.5) is 19.0 Å². The van der Waals surface area contributed by atoms with E-state index in [0.29, 0.717) is 38.5 Å². The molecule has 3 rings (SSSR count). The molecular formula is C18H21F3N4O2. The van der Waals surface area contributed by atoms with E-state index in [0.717, 1.165) is 29.5 Å². The number of piperazine rings is 1. The molecule has 0 spiro atoms. The van der Waals surface area contributed by atoms with Gasteiger partial charge >= 0.3 is 6.18 Å². The van der Waals surface area contributed by atoms with Gasteiger partial charge in [0.15, 0.2) is 0 Å². The van der Waals surface area contributed by atoms with Crippen LogP contribution in [0.2, 0.25) is 0 Å². The van der Waals surface area contributed by atoms with E-state index in [-0.39, 0.29) is 0 Å². The van der Waals surface area contributed by atoms with Crippen molar-refractivity contribution >= 4 is 5.82 Å². The number of methoxy groups -OCH3 is 2. The Kier molecular flexibility index (Phi) is 5.69. The van der Waals surface area contributed by atoms with Crippen LogP contribution in [0, 0.1) is 0 Å². The Morgan fingerprint density at radius 1 is 1.00 bits per heavy atom. The number of rotatable bonds is 5. The first-order valence-electron chi connectivity index (χ1n) is 8.48. The maximum absolute atomic E-state index is 12.8. The highest BCUT2D eigenvalue weighted by Crippen LogP contribution is 2.29. The zero-order valence-corrected chi connectivity index (χ0v) is 15.2. The van der Waals surface area contributed by atoms with Gasteiger partial charge in [-0.25, -0.2) is 9.97 Å². The Balaban J connectivity index is 1.65. The molecule has 0 N–H and O–H groups in total. The molecule has 2 heterocycles. The third-order valence-corrected chi connectivity index (χ3v) is 4.52. The summed E-state index contributed by atoms with van der Waals surface area (Å²) in [4.78, 5) is 11.4. The first-order chi connectivity index (χ1) is 12.9. The number of hydrogen-bond donors (Lipinski definition) is 0. The van der Waals surface area contributed by atoms with Crippen LogP contribution in [0.25, 0.3) is 0 Å². The maximum atomic E-state index is 12.8. The van der Waals surface area contributed by atoms with Gasteiger partial charge in [0.05, 0.1) is 14.2 Å². The van der Waals surface area contributed by atoms with Gasteiger partial charge < -0.3 is 14.4 Å². The van der Waals surface area contributed by atoms with Gasteiger partial charge in [-0.2, -0.15) is 13.2 Å². The van der Waals surface area contributed by atoms with Crippen LogP contribution >= 0.6 is 0 Å². The number of hydrogen-bond acceptors (Lipinski definition) is 6. The van der Waals surface area contributed by atoms with Crippen molar-refractivity contribution < 1.29 is 22.6 Å². The average molecular weight is 382 g/mol. The third-order valence-electron chi connectivity index (χ3n) is 4.52. The lowest BCUT2D eigenvalue weighted by Crippen LogP contribution is -2.46. The van der Waals surface area contributed by atoms with Crippen molar-refractivity contribution in [2.24, 2.45) is 0 Å². The lowest BCUT2D eigenvalue weighted by Gasteiger charge is -2.35. The van der Waals surface area contributed by atoms with Crippen LogP contribution in [-0.4, -0.2) is 55.3 Å². The Labute approximate surface area is 155 Å². The van der Waals surface area contributed by atoms with Crippen molar-refractivity contribution in [2.75, 3.05) is 45.3 Å². The number of benzene rings is 1. The minimum absolute atomic E-state index is 0.302. The molecule has 27 heavy (non-hydrogen) atoms. The van der Waals surface area contributed by atoms with E-state index in [1.807, 2.05) is 23.1 Å². The molecular weight excluding hydrogens is 361 g/mol. The van der Waals surface area contributed by atoms with E-state index in [1.54, 1.807) is 14.2 Å². The van der Waals surface area contributed by atoms with Crippen LogP contribution in [0.15, 0.2) is 30.6 Å². The standard InChI is InChI=1S/C18H21F3N4O2/c1-26-14-3-4-15(27-2)13(9-14)11-24-5-7-25(8-6-24)17-10-16(18(19,20)21)22-12-23-17/h3-4,9-10,12H,5-8,11H2,1-2H3. The van der Waals surface area contributed by atoms with Crippen molar-refractivity contribution in [3.63, 3.8) is 0 Å². The highest BCUT2D eigenvalue weighted by atomic mass is 19.4. The zero-order chi connectivity index (χ0) is 19.4. The molecule has 0 amide bonds. The topological polar surface area (TPSA) is 50.7 Å². The summed E-state index contributed by atoms with van der Waals surface area (Å²) in [6, 6.07) is 6.64. The van der Waals surface area contributed by atoms with Gasteiger partial charge in [-0.3, -0.25) is 4.90 Å². The molecule has 0 aliphatic carbocycles. The summed E-state index contributed by atoms with van der Waals surface area (Å²) in [6.45, 7) is 3.24. The lowest BCUT2D eigenvalue weighted by atomic mass is 10.1. The minimum atomic E-state index is -4.47. The second-order valence-corrected chi connectivity index (χ2v) is 6.20. The van der Waals surface area contributed by atoms with Gasteiger partial charge in [0.25, 0.3) is 0 Å². The van der Waals surface area contributed by atoms with Gasteiger partial charge in [-0.15, -0.1) is 0 Å². The Hall–Kier alpha value is -2.55. The van der Waals surface area contributed by atoms with E-state index < -0.39 is 11.9 Å². The summed E-state index contributed by atoms with van der Waals surface area (Å²) in [5.74, 6) is 1.84. The molecule has 0 unspecified atom stereocenters. The molecule has 0 radical (unpaired) electrons. The quantitative estimate of drug-likeness (QED) is 0.793. The molecule has 0 atom stereocenters. The Bertz CT molecular complexity index is 777. The second kappa shape index (κ2) is 7.99. The molecule has 9 heteroatoms. The fourth-order valence-corrected chi connectivity index (χ4v) is 3.06. The monoisotopic (exact) mass is 382 g/mol. The molecule has 1 aromatic carbocycles. The first kappa shape index (κ1) is 19.2. The molecule has 1 fully saturated rings. The van der Waals surface area contributed by atoms with Crippen molar-refractivity contribution in [1.82, 2.24) is 14.9 Å². The largest absolute Gasteiger partial charge is 0.497 e. The normalized spacial score (nSPS) is 15.7. The SMILES string of the molecule is COc1ccc(OC)c(CN2CCN(c3cc(C(F)(F)F)ncn3)CC2)c1. The second-order valence-electron chi connectivity index (χ2n) is 6.20. The first-order valence-corrected chi connectivity index (χ1v) is 8.48. The fraction of sp³-hybridized carbons (Fsp3) is 0.444. The molecule has 1 aromatic heterocycles. The number of nitrogens with zero attached hydrogens (tertiary/aromatic N) is 4. The molecule has 0 bridgehead atoms. The number of aromatic nitrogens is 2. The summed E-state index contributed by atoms with van der Waals surface area (Å²) >= 11 is 0. The van der Waals surface area contributed by atoms with Gasteiger partial charge in [-0.05, 0) is 18.2 Å². The molecule has 1 aliphatic heterocycles. The van der Waals surface area contributed by atoms with Crippen LogP contribution in [0.1, 0.15) is 11.3 Å². The summed E-state index contributed by atoms with van der Waals surface area (Å²) in [5.41, 5.74) is 0.0859. The molecule has 146 valence electrons. The number of ether oxygens (including phenoxy) is 2. The van der Waals surface area contributed by atoms with Gasteiger partial charge in [0.1, 0.15) is 29.3 Å². The van der Waals surface area contributed by atoms with Crippen molar-refractivity contribution in [3.05, 3.63) is 41.9 Å². The van der Waals surface area contributed by atoms with Gasteiger partial charge in [0.2, 0.25) is 0 Å². The summed E-state index contributed by atoms with van der Waals surface area (Å²) < 4.78 is 49.2. The minimum Gasteiger partial charge on any atom is -0.497 e. The van der Waals surface area contributed by atoms with E-state index in [2.05, 4.69) is 14.9 Å². The molecule has 1 aliphatic rings. The average Bonchev–Trinajstić information content (AvgIpc) is 2.68. The zero-order valence-electron chi connectivity index (χ0n) is 15.2. The van der Waals surface area contributed by atoms with Crippen molar-refractivity contribution in [3.8, 4) is 11.5 Å². The summed E-state index contributed by atoms with van der Waals surface area (Å²) in [6.07, 6.45) is -3.51. The number of halogens is 3. The van der Waals surface area contributed by atoms with E-state index >= 15 is 0 Å². The van der Waals surface area contributed by atoms with E-state index in [4.69, 9.17) is 9.47 Å². The van der Waals surface area contributed by atoms with Gasteiger partial charge in [0, 0.05) is 44.4 Å². The highest BCUT2D eigenvalue weighted by Gasteiger charge is 2.33. The summed E-state index contributed by atoms with van der Waals surface area (Å²) in [5, 5.41) is 0. The molecule has 2 aromatic rings.